The number of aromatic nitrogens is 2. The summed E-state index contributed by atoms with van der Waals surface area (Å²) in [6.07, 6.45) is -3.84. The van der Waals surface area contributed by atoms with Gasteiger partial charge in [0, 0.05) is 23.7 Å². The first-order chi connectivity index (χ1) is 12.3. The van der Waals surface area contributed by atoms with Crippen molar-refractivity contribution in [2.45, 2.75) is 12.6 Å². The van der Waals surface area contributed by atoms with Gasteiger partial charge in [-0.2, -0.15) is 13.2 Å². The number of benzene rings is 2. The number of halogens is 3. The lowest BCUT2D eigenvalue weighted by molar-refractivity contribution is -0.141. The second kappa shape index (κ2) is 6.75. The Bertz CT molecular complexity index is 991. The van der Waals surface area contributed by atoms with E-state index in [2.05, 4.69) is 27.5 Å². The molecule has 3 rings (SSSR count). The van der Waals surface area contributed by atoms with Crippen LogP contribution in [0.1, 0.15) is 16.8 Å². The first-order valence-corrected chi connectivity index (χ1v) is 7.85. The van der Waals surface area contributed by atoms with Crippen LogP contribution in [0.4, 0.5) is 19.1 Å². The topological polar surface area (TPSA) is 84.1 Å². The van der Waals surface area contributed by atoms with E-state index in [1.165, 1.54) is 6.07 Å². The summed E-state index contributed by atoms with van der Waals surface area (Å²) in [4.78, 5) is 7.32. The monoisotopic (exact) mass is 378 g/mol. The number of nitrogens with one attached hydrogen (secondary N) is 1. The maximum absolute atomic E-state index is 13.4. The highest BCUT2D eigenvalue weighted by Crippen LogP contribution is 2.35. The highest BCUT2D eigenvalue weighted by atomic mass is 32.1. The Morgan fingerprint density at radius 3 is 2.62 bits per heavy atom. The van der Waals surface area contributed by atoms with Crippen molar-refractivity contribution in [3.05, 3.63) is 59.4 Å². The molecule has 0 atom stereocenters. The SMILES string of the molecule is NC(=S)Nc1ncc(Cc2c(O)ccc3ccccc23)c(C(F)(F)F)n1. The van der Waals surface area contributed by atoms with Crippen LogP contribution in [0.2, 0.25) is 0 Å². The Hall–Kier alpha value is -2.94. The predicted octanol–water partition coefficient (Wildman–Crippen LogP) is 3.60. The fourth-order valence-electron chi connectivity index (χ4n) is 2.65. The summed E-state index contributed by atoms with van der Waals surface area (Å²) >= 11 is 4.59. The van der Waals surface area contributed by atoms with Gasteiger partial charge in [0.15, 0.2) is 10.8 Å². The van der Waals surface area contributed by atoms with Gasteiger partial charge in [-0.25, -0.2) is 9.97 Å². The van der Waals surface area contributed by atoms with Crippen LogP contribution in [0.5, 0.6) is 5.75 Å². The number of aromatic hydroxyl groups is 1. The lowest BCUT2D eigenvalue weighted by atomic mass is 9.97. The van der Waals surface area contributed by atoms with E-state index in [-0.39, 0.29) is 28.8 Å². The summed E-state index contributed by atoms with van der Waals surface area (Å²) in [5.41, 5.74) is 4.34. The number of hydrogen-bond acceptors (Lipinski definition) is 4. The molecule has 5 nitrogen and oxygen atoms in total. The van der Waals surface area contributed by atoms with Crippen LogP contribution < -0.4 is 11.1 Å². The van der Waals surface area contributed by atoms with Crippen LogP contribution in [0.3, 0.4) is 0 Å². The third-order valence-corrected chi connectivity index (χ3v) is 3.85. The number of hydrogen-bond donors (Lipinski definition) is 3. The highest BCUT2D eigenvalue weighted by Gasteiger charge is 2.36. The van der Waals surface area contributed by atoms with Crippen molar-refractivity contribution in [1.29, 1.82) is 0 Å². The molecule has 0 aliphatic heterocycles. The van der Waals surface area contributed by atoms with Gasteiger partial charge in [0.1, 0.15) is 5.75 Å². The molecule has 0 radical (unpaired) electrons. The molecular formula is C17H13F3N4OS. The molecule has 3 aromatic rings. The maximum Gasteiger partial charge on any atom is 0.433 e. The number of alkyl halides is 3. The third kappa shape index (κ3) is 3.67. The van der Waals surface area contributed by atoms with Crippen LogP contribution in [-0.4, -0.2) is 20.2 Å². The molecule has 0 saturated heterocycles. The Labute approximate surface area is 151 Å². The van der Waals surface area contributed by atoms with Crippen molar-refractivity contribution in [3.63, 3.8) is 0 Å². The number of phenols is 1. The van der Waals surface area contributed by atoms with Crippen LogP contribution in [0.15, 0.2) is 42.6 Å². The molecule has 0 amide bonds. The molecule has 1 heterocycles. The molecule has 0 bridgehead atoms. The molecule has 134 valence electrons. The van der Waals surface area contributed by atoms with Crippen molar-refractivity contribution in [1.82, 2.24) is 9.97 Å². The smallest absolute Gasteiger partial charge is 0.433 e. The van der Waals surface area contributed by atoms with Crippen molar-refractivity contribution in [3.8, 4) is 5.75 Å². The van der Waals surface area contributed by atoms with Crippen molar-refractivity contribution >= 4 is 34.1 Å². The number of rotatable bonds is 3. The lowest BCUT2D eigenvalue weighted by Crippen LogP contribution is -2.22. The minimum atomic E-state index is -4.70. The second-order valence-electron chi connectivity index (χ2n) is 5.52. The molecule has 1 aromatic heterocycles. The predicted molar refractivity (Wildman–Crippen MR) is 95.9 cm³/mol. The van der Waals surface area contributed by atoms with Gasteiger partial charge in [0.2, 0.25) is 5.95 Å². The largest absolute Gasteiger partial charge is 0.508 e. The minimum absolute atomic E-state index is 0.0952. The normalized spacial score (nSPS) is 11.5. The van der Waals surface area contributed by atoms with Gasteiger partial charge < -0.3 is 16.2 Å². The number of fused-ring (bicyclic) bond motifs is 1. The van der Waals surface area contributed by atoms with E-state index in [9.17, 15) is 18.3 Å². The summed E-state index contributed by atoms with van der Waals surface area (Å²) in [5, 5.41) is 13.7. The van der Waals surface area contributed by atoms with Crippen LogP contribution in [0.25, 0.3) is 10.8 Å². The van der Waals surface area contributed by atoms with E-state index in [1.54, 1.807) is 18.2 Å². The van der Waals surface area contributed by atoms with Crippen LogP contribution >= 0.6 is 12.2 Å². The molecule has 0 unspecified atom stereocenters. The number of thiocarbonyl (C=S) groups is 1. The van der Waals surface area contributed by atoms with E-state index in [0.717, 1.165) is 11.6 Å². The molecular weight excluding hydrogens is 365 g/mol. The standard InChI is InChI=1S/C17H13F3N4OS/c18-17(19,20)14-10(8-22-16(23-14)24-15(21)26)7-12-11-4-2-1-3-9(11)5-6-13(12)25/h1-6,8,25H,7H2,(H3,21,22,23,24,26). The summed E-state index contributed by atoms with van der Waals surface area (Å²) in [6.45, 7) is 0. The van der Waals surface area contributed by atoms with Gasteiger partial charge in [-0.1, -0.05) is 30.3 Å². The first-order valence-electron chi connectivity index (χ1n) is 7.45. The average molecular weight is 378 g/mol. The molecule has 0 saturated carbocycles. The maximum atomic E-state index is 13.4. The Balaban J connectivity index is 2.11. The lowest BCUT2D eigenvalue weighted by Gasteiger charge is -2.15. The van der Waals surface area contributed by atoms with E-state index >= 15 is 0 Å². The molecule has 0 spiro atoms. The zero-order valence-electron chi connectivity index (χ0n) is 13.2. The van der Waals surface area contributed by atoms with E-state index in [0.29, 0.717) is 10.9 Å². The minimum Gasteiger partial charge on any atom is -0.508 e. The summed E-state index contributed by atoms with van der Waals surface area (Å²) in [5.74, 6) is -0.433. The summed E-state index contributed by atoms with van der Waals surface area (Å²) < 4.78 is 40.3. The van der Waals surface area contributed by atoms with E-state index in [4.69, 9.17) is 5.73 Å². The zero-order valence-corrected chi connectivity index (χ0v) is 14.0. The van der Waals surface area contributed by atoms with Gasteiger partial charge in [-0.05, 0) is 29.1 Å². The molecule has 4 N–H and O–H groups in total. The average Bonchev–Trinajstić information content (AvgIpc) is 2.57. The molecule has 26 heavy (non-hydrogen) atoms. The van der Waals surface area contributed by atoms with E-state index in [1.807, 2.05) is 12.1 Å². The van der Waals surface area contributed by atoms with Crippen LogP contribution in [0, 0.1) is 0 Å². The number of nitrogens with zero attached hydrogens (tertiary/aromatic N) is 2. The Kier molecular flexibility index (Phi) is 4.64. The fourth-order valence-corrected chi connectivity index (χ4v) is 2.74. The van der Waals surface area contributed by atoms with Crippen molar-refractivity contribution < 1.29 is 18.3 Å². The van der Waals surface area contributed by atoms with Gasteiger partial charge in [-0.3, -0.25) is 0 Å². The third-order valence-electron chi connectivity index (χ3n) is 3.75. The van der Waals surface area contributed by atoms with Gasteiger partial charge in [0.25, 0.3) is 0 Å². The number of anilines is 1. The van der Waals surface area contributed by atoms with Gasteiger partial charge in [0.05, 0.1) is 0 Å². The zero-order chi connectivity index (χ0) is 18.9. The van der Waals surface area contributed by atoms with Gasteiger partial charge >= 0.3 is 6.18 Å². The van der Waals surface area contributed by atoms with Gasteiger partial charge in [-0.15, -0.1) is 0 Å². The number of nitrogens with two attached hydrogens (primary N) is 1. The summed E-state index contributed by atoms with van der Waals surface area (Å²) in [7, 11) is 0. The summed E-state index contributed by atoms with van der Waals surface area (Å²) in [6, 6.07) is 10.3. The molecule has 0 aliphatic rings. The molecule has 2 aromatic carbocycles. The Morgan fingerprint density at radius 1 is 1.19 bits per heavy atom. The first kappa shape index (κ1) is 17.9. The number of phenolic OH excluding ortho intramolecular Hbond substituents is 1. The molecule has 0 aliphatic carbocycles. The highest BCUT2D eigenvalue weighted by molar-refractivity contribution is 7.80. The molecule has 0 fully saturated rings. The molecule has 9 heteroatoms. The van der Waals surface area contributed by atoms with E-state index < -0.39 is 11.9 Å². The Morgan fingerprint density at radius 2 is 1.92 bits per heavy atom. The fraction of sp³-hybridized carbons (Fsp3) is 0.118. The van der Waals surface area contributed by atoms with Crippen molar-refractivity contribution in [2.75, 3.05) is 5.32 Å². The quantitative estimate of drug-likeness (QED) is 0.604. The van der Waals surface area contributed by atoms with Crippen LogP contribution in [-0.2, 0) is 12.6 Å². The van der Waals surface area contributed by atoms with Crippen molar-refractivity contribution in [2.24, 2.45) is 5.73 Å². The second-order valence-corrected chi connectivity index (χ2v) is 5.96.